The molecule has 0 bridgehead atoms. The number of hydrogen-bond acceptors (Lipinski definition) is 3. The summed E-state index contributed by atoms with van der Waals surface area (Å²) >= 11 is 9.24. The zero-order valence-corrected chi connectivity index (χ0v) is 13.0. The van der Waals surface area contributed by atoms with Crippen LogP contribution in [-0.2, 0) is 4.79 Å². The van der Waals surface area contributed by atoms with Crippen molar-refractivity contribution in [2.45, 2.75) is 6.92 Å². The van der Waals surface area contributed by atoms with Crippen LogP contribution in [0.2, 0.25) is 5.15 Å². The van der Waals surface area contributed by atoms with Crippen LogP contribution in [-0.4, -0.2) is 17.5 Å². The van der Waals surface area contributed by atoms with Crippen LogP contribution in [0.15, 0.2) is 41.0 Å². The zero-order valence-electron chi connectivity index (χ0n) is 10.7. The molecule has 20 heavy (non-hydrogen) atoms. The van der Waals surface area contributed by atoms with Crippen molar-refractivity contribution >= 4 is 39.1 Å². The number of nitrogens with one attached hydrogen (secondary N) is 1. The lowest BCUT2D eigenvalue weighted by Crippen LogP contribution is -2.20. The number of ether oxygens (including phenoxy) is 1. The SMILES string of the molecule is Cc1ccc(OCC(=O)Nc2cccnc2Cl)c(Br)c1. The lowest BCUT2D eigenvalue weighted by Gasteiger charge is -2.09. The summed E-state index contributed by atoms with van der Waals surface area (Å²) in [6, 6.07) is 9.01. The average molecular weight is 356 g/mol. The molecule has 0 spiro atoms. The largest absolute Gasteiger partial charge is 0.483 e. The summed E-state index contributed by atoms with van der Waals surface area (Å²) in [5, 5.41) is 2.89. The topological polar surface area (TPSA) is 51.2 Å². The van der Waals surface area contributed by atoms with Crippen LogP contribution in [0, 0.1) is 6.92 Å². The van der Waals surface area contributed by atoms with Crippen LogP contribution in [0.3, 0.4) is 0 Å². The molecule has 2 rings (SSSR count). The van der Waals surface area contributed by atoms with Crippen molar-refractivity contribution in [2.24, 2.45) is 0 Å². The molecular weight excluding hydrogens is 344 g/mol. The first-order valence-electron chi connectivity index (χ1n) is 5.85. The summed E-state index contributed by atoms with van der Waals surface area (Å²) < 4.78 is 6.25. The molecule has 1 amide bonds. The molecule has 0 saturated carbocycles. The standard InChI is InChI=1S/C14H12BrClN2O2/c1-9-4-5-12(10(15)7-9)20-8-13(19)18-11-3-2-6-17-14(11)16/h2-7H,8H2,1H3,(H,18,19). The van der Waals surface area contributed by atoms with E-state index in [4.69, 9.17) is 16.3 Å². The molecule has 4 nitrogen and oxygen atoms in total. The number of benzene rings is 1. The van der Waals surface area contributed by atoms with Crippen LogP contribution in [0.25, 0.3) is 0 Å². The molecule has 1 N–H and O–H groups in total. The van der Waals surface area contributed by atoms with E-state index in [2.05, 4.69) is 26.2 Å². The monoisotopic (exact) mass is 354 g/mol. The third kappa shape index (κ3) is 3.95. The first-order chi connectivity index (χ1) is 9.56. The van der Waals surface area contributed by atoms with Crippen molar-refractivity contribution in [1.29, 1.82) is 0 Å². The quantitative estimate of drug-likeness (QED) is 0.848. The van der Waals surface area contributed by atoms with Crippen molar-refractivity contribution in [3.05, 3.63) is 51.7 Å². The van der Waals surface area contributed by atoms with Gasteiger partial charge in [-0.1, -0.05) is 17.7 Å². The molecule has 104 valence electrons. The van der Waals surface area contributed by atoms with Gasteiger partial charge < -0.3 is 10.1 Å². The molecule has 0 saturated heterocycles. The van der Waals surface area contributed by atoms with Crippen molar-refractivity contribution in [3.8, 4) is 5.75 Å². The normalized spacial score (nSPS) is 10.2. The highest BCUT2D eigenvalue weighted by Crippen LogP contribution is 2.25. The van der Waals surface area contributed by atoms with Gasteiger partial charge in [-0.25, -0.2) is 4.98 Å². The minimum absolute atomic E-state index is 0.104. The van der Waals surface area contributed by atoms with E-state index in [1.807, 2.05) is 25.1 Å². The Kier molecular flexibility index (Phi) is 4.98. The number of pyridine rings is 1. The van der Waals surface area contributed by atoms with E-state index < -0.39 is 0 Å². The number of carbonyl (C=O) groups excluding carboxylic acids is 1. The van der Waals surface area contributed by atoms with Gasteiger partial charge in [0, 0.05) is 6.20 Å². The van der Waals surface area contributed by atoms with Crippen molar-refractivity contribution < 1.29 is 9.53 Å². The molecule has 0 aliphatic rings. The maximum atomic E-state index is 11.8. The highest BCUT2D eigenvalue weighted by atomic mass is 79.9. The van der Waals surface area contributed by atoms with Gasteiger partial charge in [0.05, 0.1) is 10.2 Å². The van der Waals surface area contributed by atoms with Gasteiger partial charge in [-0.2, -0.15) is 0 Å². The number of aryl methyl sites for hydroxylation is 1. The molecule has 1 aromatic heterocycles. The number of hydrogen-bond donors (Lipinski definition) is 1. The summed E-state index contributed by atoms with van der Waals surface area (Å²) in [6.07, 6.45) is 1.55. The molecule has 1 heterocycles. The van der Waals surface area contributed by atoms with E-state index in [1.54, 1.807) is 18.3 Å². The maximum Gasteiger partial charge on any atom is 0.262 e. The van der Waals surface area contributed by atoms with E-state index in [1.165, 1.54) is 0 Å². The fourth-order valence-corrected chi connectivity index (χ4v) is 2.31. The Bertz CT molecular complexity index is 634. The molecule has 0 radical (unpaired) electrons. The maximum absolute atomic E-state index is 11.8. The van der Waals surface area contributed by atoms with E-state index >= 15 is 0 Å². The molecule has 1 aromatic carbocycles. The summed E-state index contributed by atoms with van der Waals surface area (Å²) in [7, 11) is 0. The highest BCUT2D eigenvalue weighted by molar-refractivity contribution is 9.10. The lowest BCUT2D eigenvalue weighted by atomic mass is 10.2. The lowest BCUT2D eigenvalue weighted by molar-refractivity contribution is -0.118. The summed E-state index contributed by atoms with van der Waals surface area (Å²) in [4.78, 5) is 15.7. The minimum atomic E-state index is -0.299. The first-order valence-corrected chi connectivity index (χ1v) is 7.02. The molecule has 0 atom stereocenters. The van der Waals surface area contributed by atoms with Gasteiger partial charge in [0.1, 0.15) is 5.75 Å². The third-order valence-corrected chi connectivity index (χ3v) is 3.40. The van der Waals surface area contributed by atoms with Gasteiger partial charge >= 0.3 is 0 Å². The van der Waals surface area contributed by atoms with E-state index in [-0.39, 0.29) is 17.7 Å². The number of rotatable bonds is 4. The summed E-state index contributed by atoms with van der Waals surface area (Å²) in [6.45, 7) is 1.87. The van der Waals surface area contributed by atoms with E-state index in [9.17, 15) is 4.79 Å². The second-order valence-electron chi connectivity index (χ2n) is 4.11. The van der Waals surface area contributed by atoms with Gasteiger partial charge in [-0.3, -0.25) is 4.79 Å². The minimum Gasteiger partial charge on any atom is -0.483 e. The van der Waals surface area contributed by atoms with Gasteiger partial charge in [-0.05, 0) is 52.7 Å². The molecule has 0 aliphatic heterocycles. The van der Waals surface area contributed by atoms with Crippen LogP contribution < -0.4 is 10.1 Å². The average Bonchev–Trinajstić information content (AvgIpc) is 2.40. The van der Waals surface area contributed by atoms with Gasteiger partial charge in [0.15, 0.2) is 11.8 Å². The number of carbonyl (C=O) groups is 1. The zero-order chi connectivity index (χ0) is 14.5. The van der Waals surface area contributed by atoms with Crippen LogP contribution in [0.5, 0.6) is 5.75 Å². The summed E-state index contributed by atoms with van der Waals surface area (Å²) in [5.41, 5.74) is 1.57. The first kappa shape index (κ1) is 14.8. The fraction of sp³-hybridized carbons (Fsp3) is 0.143. The number of halogens is 2. The molecule has 0 aliphatic carbocycles. The Morgan fingerprint density at radius 2 is 2.25 bits per heavy atom. The number of aromatic nitrogens is 1. The molecule has 6 heteroatoms. The Hall–Kier alpha value is -1.59. The van der Waals surface area contributed by atoms with E-state index in [0.29, 0.717) is 11.4 Å². The second-order valence-corrected chi connectivity index (χ2v) is 5.32. The Labute approximate surface area is 130 Å². The molecule has 2 aromatic rings. The molecule has 0 unspecified atom stereocenters. The van der Waals surface area contributed by atoms with E-state index in [0.717, 1.165) is 10.0 Å². The predicted molar refractivity (Wildman–Crippen MR) is 82.3 cm³/mol. The Morgan fingerprint density at radius 3 is 2.95 bits per heavy atom. The molecular formula is C14H12BrClN2O2. The Balaban J connectivity index is 1.94. The van der Waals surface area contributed by atoms with Crippen molar-refractivity contribution in [2.75, 3.05) is 11.9 Å². The van der Waals surface area contributed by atoms with Crippen LogP contribution in [0.1, 0.15) is 5.56 Å². The number of nitrogens with zero attached hydrogens (tertiary/aromatic N) is 1. The Morgan fingerprint density at radius 1 is 1.45 bits per heavy atom. The third-order valence-electron chi connectivity index (χ3n) is 2.48. The van der Waals surface area contributed by atoms with Crippen molar-refractivity contribution in [1.82, 2.24) is 4.98 Å². The van der Waals surface area contributed by atoms with Crippen molar-refractivity contribution in [3.63, 3.8) is 0 Å². The highest BCUT2D eigenvalue weighted by Gasteiger charge is 2.08. The fourth-order valence-electron chi connectivity index (χ4n) is 1.53. The molecule has 0 fully saturated rings. The van der Waals surface area contributed by atoms with Crippen LogP contribution >= 0.6 is 27.5 Å². The number of anilines is 1. The van der Waals surface area contributed by atoms with Gasteiger partial charge in [0.25, 0.3) is 5.91 Å². The number of amides is 1. The van der Waals surface area contributed by atoms with Gasteiger partial charge in [0.2, 0.25) is 0 Å². The smallest absolute Gasteiger partial charge is 0.262 e. The van der Waals surface area contributed by atoms with Gasteiger partial charge in [-0.15, -0.1) is 0 Å². The second kappa shape index (κ2) is 6.72. The predicted octanol–water partition coefficient (Wildman–Crippen LogP) is 3.82. The van der Waals surface area contributed by atoms with Crippen LogP contribution in [0.4, 0.5) is 5.69 Å². The summed E-state index contributed by atoms with van der Waals surface area (Å²) in [5.74, 6) is 0.315.